The minimum atomic E-state index is -0.122. The van der Waals surface area contributed by atoms with Gasteiger partial charge >= 0.3 is 0 Å². The Labute approximate surface area is 82.8 Å². The van der Waals surface area contributed by atoms with E-state index in [0.717, 1.165) is 11.1 Å². The highest BCUT2D eigenvalue weighted by molar-refractivity contribution is 5.41. The lowest BCUT2D eigenvalue weighted by Crippen LogP contribution is -2.04. The summed E-state index contributed by atoms with van der Waals surface area (Å²) < 4.78 is 0. The van der Waals surface area contributed by atoms with Gasteiger partial charge in [0, 0.05) is 13.0 Å². The molecule has 1 aromatic rings. The lowest BCUT2D eigenvalue weighted by molar-refractivity contribution is 0.403. The molecule has 0 aliphatic rings. The van der Waals surface area contributed by atoms with E-state index >= 15 is 0 Å². The normalized spacial score (nSPS) is 9.50. The Morgan fingerprint density at radius 1 is 1.36 bits per heavy atom. The van der Waals surface area contributed by atoms with Gasteiger partial charge in [-0.05, 0) is 23.3 Å². The van der Waals surface area contributed by atoms with Gasteiger partial charge in [-0.1, -0.05) is 12.6 Å². The van der Waals surface area contributed by atoms with Gasteiger partial charge in [0.25, 0.3) is 0 Å². The first-order valence-corrected chi connectivity index (χ1v) is 4.26. The zero-order valence-corrected chi connectivity index (χ0v) is 7.83. The predicted octanol–water partition coefficient (Wildman–Crippen LogP) is 1.31. The van der Waals surface area contributed by atoms with Gasteiger partial charge in [-0.15, -0.1) is 5.73 Å². The average Bonchev–Trinajstić information content (AvgIpc) is 2.19. The SMILES string of the molecule is C=C=C(CN)Cc1ccc(O)c(O)c1. The highest BCUT2D eigenvalue weighted by Gasteiger charge is 2.02. The van der Waals surface area contributed by atoms with Crippen LogP contribution < -0.4 is 5.73 Å². The molecule has 0 saturated heterocycles. The van der Waals surface area contributed by atoms with Crippen molar-refractivity contribution in [1.82, 2.24) is 0 Å². The predicted molar refractivity (Wildman–Crippen MR) is 55.2 cm³/mol. The summed E-state index contributed by atoms with van der Waals surface area (Å²) in [7, 11) is 0. The van der Waals surface area contributed by atoms with Crippen LogP contribution in [0, 0.1) is 0 Å². The molecule has 0 aliphatic heterocycles. The molecule has 74 valence electrons. The number of rotatable bonds is 3. The summed E-state index contributed by atoms with van der Waals surface area (Å²) in [5.41, 5.74) is 9.92. The maximum atomic E-state index is 9.23. The van der Waals surface area contributed by atoms with E-state index in [9.17, 15) is 5.11 Å². The van der Waals surface area contributed by atoms with Crippen LogP contribution >= 0.6 is 0 Å². The van der Waals surface area contributed by atoms with Crippen molar-refractivity contribution in [2.75, 3.05) is 6.54 Å². The molecule has 1 aromatic carbocycles. The van der Waals surface area contributed by atoms with Crippen molar-refractivity contribution >= 4 is 0 Å². The second kappa shape index (κ2) is 4.51. The molecule has 0 bridgehead atoms. The van der Waals surface area contributed by atoms with Crippen LogP contribution in [0.3, 0.4) is 0 Å². The summed E-state index contributed by atoms with van der Waals surface area (Å²) >= 11 is 0. The van der Waals surface area contributed by atoms with Gasteiger partial charge in [-0.2, -0.15) is 0 Å². The van der Waals surface area contributed by atoms with Crippen LogP contribution in [0.5, 0.6) is 11.5 Å². The number of aromatic hydroxyl groups is 2. The van der Waals surface area contributed by atoms with Gasteiger partial charge in [-0.3, -0.25) is 0 Å². The van der Waals surface area contributed by atoms with Crippen molar-refractivity contribution in [1.29, 1.82) is 0 Å². The summed E-state index contributed by atoms with van der Waals surface area (Å²) in [5.74, 6) is -0.242. The molecule has 0 amide bonds. The molecule has 0 heterocycles. The maximum absolute atomic E-state index is 9.23. The highest BCUT2D eigenvalue weighted by Crippen LogP contribution is 2.25. The molecule has 0 unspecified atom stereocenters. The van der Waals surface area contributed by atoms with E-state index in [-0.39, 0.29) is 11.5 Å². The molecule has 4 N–H and O–H groups in total. The van der Waals surface area contributed by atoms with E-state index in [1.807, 2.05) is 0 Å². The van der Waals surface area contributed by atoms with Crippen LogP contribution in [0.1, 0.15) is 5.56 Å². The molecule has 0 atom stereocenters. The second-order valence-electron chi connectivity index (χ2n) is 2.98. The molecule has 3 heteroatoms. The molecule has 0 spiro atoms. The summed E-state index contributed by atoms with van der Waals surface area (Å²) in [4.78, 5) is 0. The van der Waals surface area contributed by atoms with E-state index in [1.165, 1.54) is 12.1 Å². The highest BCUT2D eigenvalue weighted by atomic mass is 16.3. The minimum Gasteiger partial charge on any atom is -0.504 e. The molecule has 0 fully saturated rings. The quantitative estimate of drug-likeness (QED) is 0.498. The Kier molecular flexibility index (Phi) is 3.35. The summed E-state index contributed by atoms with van der Waals surface area (Å²) in [6.07, 6.45) is 0.591. The third-order valence-corrected chi connectivity index (χ3v) is 1.95. The minimum absolute atomic E-state index is 0.120. The van der Waals surface area contributed by atoms with Crippen molar-refractivity contribution in [2.45, 2.75) is 6.42 Å². The first-order valence-electron chi connectivity index (χ1n) is 4.26. The third kappa shape index (κ3) is 2.39. The topological polar surface area (TPSA) is 66.5 Å². The van der Waals surface area contributed by atoms with Gasteiger partial charge < -0.3 is 15.9 Å². The molecule has 14 heavy (non-hydrogen) atoms. The van der Waals surface area contributed by atoms with Crippen LogP contribution in [-0.2, 0) is 6.42 Å². The van der Waals surface area contributed by atoms with Crippen LogP contribution in [-0.4, -0.2) is 16.8 Å². The fraction of sp³-hybridized carbons (Fsp3) is 0.182. The van der Waals surface area contributed by atoms with Crippen LogP contribution in [0.2, 0.25) is 0 Å². The number of phenols is 2. The second-order valence-corrected chi connectivity index (χ2v) is 2.98. The fourth-order valence-electron chi connectivity index (χ4n) is 1.13. The van der Waals surface area contributed by atoms with E-state index in [0.29, 0.717) is 13.0 Å². The summed E-state index contributed by atoms with van der Waals surface area (Å²) in [6, 6.07) is 4.67. The first kappa shape index (κ1) is 10.4. The van der Waals surface area contributed by atoms with Crippen molar-refractivity contribution in [3.63, 3.8) is 0 Å². The molecule has 0 radical (unpaired) electrons. The average molecular weight is 191 g/mol. The lowest BCUT2D eigenvalue weighted by atomic mass is 10.1. The number of hydrogen-bond acceptors (Lipinski definition) is 3. The molecule has 3 nitrogen and oxygen atoms in total. The van der Waals surface area contributed by atoms with Gasteiger partial charge in [0.15, 0.2) is 11.5 Å². The Morgan fingerprint density at radius 3 is 2.57 bits per heavy atom. The Morgan fingerprint density at radius 2 is 2.07 bits per heavy atom. The maximum Gasteiger partial charge on any atom is 0.157 e. The molecule has 1 rings (SSSR count). The zero-order valence-electron chi connectivity index (χ0n) is 7.83. The smallest absolute Gasteiger partial charge is 0.157 e. The molecular formula is C11H13NO2. The van der Waals surface area contributed by atoms with Gasteiger partial charge in [-0.25, -0.2) is 0 Å². The molecule has 0 aromatic heterocycles. The van der Waals surface area contributed by atoms with Crippen LogP contribution in [0.4, 0.5) is 0 Å². The summed E-state index contributed by atoms with van der Waals surface area (Å²) in [6.45, 7) is 3.91. The number of nitrogens with two attached hydrogens (primary N) is 1. The van der Waals surface area contributed by atoms with Crippen molar-refractivity contribution in [3.05, 3.63) is 41.6 Å². The molecular weight excluding hydrogens is 178 g/mol. The Balaban J connectivity index is 2.88. The fourth-order valence-corrected chi connectivity index (χ4v) is 1.13. The van der Waals surface area contributed by atoms with Crippen molar-refractivity contribution in [3.8, 4) is 11.5 Å². The summed E-state index contributed by atoms with van der Waals surface area (Å²) in [5, 5.41) is 18.3. The Bertz CT molecular complexity index is 379. The van der Waals surface area contributed by atoms with Crippen LogP contribution in [0.25, 0.3) is 0 Å². The zero-order chi connectivity index (χ0) is 10.6. The van der Waals surface area contributed by atoms with E-state index in [1.54, 1.807) is 6.07 Å². The number of benzene rings is 1. The van der Waals surface area contributed by atoms with Crippen molar-refractivity contribution in [2.24, 2.45) is 5.73 Å². The first-order chi connectivity index (χ1) is 6.67. The lowest BCUT2D eigenvalue weighted by Gasteiger charge is -2.04. The monoisotopic (exact) mass is 191 g/mol. The van der Waals surface area contributed by atoms with E-state index < -0.39 is 0 Å². The molecule has 0 aliphatic carbocycles. The van der Waals surface area contributed by atoms with Gasteiger partial charge in [0.05, 0.1) is 0 Å². The standard InChI is InChI=1S/C11H13NO2/c1-2-8(7-12)5-9-3-4-10(13)11(14)6-9/h3-4,6,13-14H,1,5,7,12H2. The molecule has 0 saturated carbocycles. The van der Waals surface area contributed by atoms with E-state index in [4.69, 9.17) is 10.8 Å². The Hall–Kier alpha value is -1.70. The third-order valence-electron chi connectivity index (χ3n) is 1.95. The van der Waals surface area contributed by atoms with Crippen molar-refractivity contribution < 1.29 is 10.2 Å². The van der Waals surface area contributed by atoms with Gasteiger partial charge in [0.1, 0.15) is 0 Å². The number of phenolic OH excluding ortho intramolecular Hbond substituents is 2. The largest absolute Gasteiger partial charge is 0.504 e. The van der Waals surface area contributed by atoms with Crippen LogP contribution in [0.15, 0.2) is 36.1 Å². The van der Waals surface area contributed by atoms with E-state index in [2.05, 4.69) is 12.3 Å². The van der Waals surface area contributed by atoms with Gasteiger partial charge in [0.2, 0.25) is 0 Å². The number of hydrogen-bond donors (Lipinski definition) is 3.